The van der Waals surface area contributed by atoms with E-state index in [1.54, 1.807) is 60.7 Å². The molecule has 0 fully saturated rings. The van der Waals surface area contributed by atoms with Crippen molar-refractivity contribution in [2.75, 3.05) is 14.2 Å². The minimum absolute atomic E-state index is 0.114. The van der Waals surface area contributed by atoms with Gasteiger partial charge in [-0.3, -0.25) is 14.9 Å². The predicted molar refractivity (Wildman–Crippen MR) is 111 cm³/mol. The van der Waals surface area contributed by atoms with E-state index in [1.165, 1.54) is 20.3 Å². The molecule has 0 heterocycles. The Morgan fingerprint density at radius 3 is 2.03 bits per heavy atom. The number of benzene rings is 3. The summed E-state index contributed by atoms with van der Waals surface area (Å²) in [7, 11) is 2.84. The van der Waals surface area contributed by atoms with Gasteiger partial charge in [-0.15, -0.1) is 0 Å². The Hall–Kier alpha value is -4.00. The van der Waals surface area contributed by atoms with Crippen molar-refractivity contribution < 1.29 is 24.0 Å². The lowest BCUT2D eigenvalue weighted by molar-refractivity contribution is -0.385. The second-order valence-electron chi connectivity index (χ2n) is 6.50. The molecule has 7 nitrogen and oxygen atoms in total. The Morgan fingerprint density at radius 1 is 0.867 bits per heavy atom. The highest BCUT2D eigenvalue weighted by molar-refractivity contribution is 5.98. The first-order valence-electron chi connectivity index (χ1n) is 9.06. The fraction of sp³-hybridized carbons (Fsp3) is 0.130. The maximum atomic E-state index is 12.7. The van der Waals surface area contributed by atoms with Crippen molar-refractivity contribution in [2.45, 2.75) is 6.42 Å². The Bertz CT molecular complexity index is 1090. The molecule has 0 amide bonds. The molecular weight excluding hydrogens is 386 g/mol. The first kappa shape index (κ1) is 20.7. The Balaban J connectivity index is 1.91. The quantitative estimate of drug-likeness (QED) is 0.249. The van der Waals surface area contributed by atoms with Gasteiger partial charge in [0.1, 0.15) is 5.75 Å². The topological polar surface area (TPSA) is 95.7 Å². The zero-order chi connectivity index (χ0) is 21.7. The number of nitro benzene ring substituents is 1. The van der Waals surface area contributed by atoms with Crippen molar-refractivity contribution in [3.63, 3.8) is 0 Å². The van der Waals surface area contributed by atoms with Crippen molar-refractivity contribution in [2.24, 2.45) is 0 Å². The first-order valence-corrected chi connectivity index (χ1v) is 9.06. The molecule has 0 unspecified atom stereocenters. The molecule has 3 aromatic rings. The smallest absolute Gasteiger partial charge is 0.337 e. The summed E-state index contributed by atoms with van der Waals surface area (Å²) in [5.41, 5.74) is 2.50. The number of carbonyl (C=O) groups excluding carboxylic acids is 2. The minimum Gasteiger partial charge on any atom is -0.497 e. The molecule has 0 radical (unpaired) electrons. The number of rotatable bonds is 7. The fourth-order valence-corrected chi connectivity index (χ4v) is 3.05. The fourth-order valence-electron chi connectivity index (χ4n) is 3.05. The Kier molecular flexibility index (Phi) is 6.22. The average molecular weight is 405 g/mol. The van der Waals surface area contributed by atoms with Gasteiger partial charge in [0.05, 0.1) is 24.7 Å². The highest BCUT2D eigenvalue weighted by Crippen LogP contribution is 2.28. The monoisotopic (exact) mass is 405 g/mol. The summed E-state index contributed by atoms with van der Waals surface area (Å²) in [5.74, 6) is -0.0649. The molecule has 0 N–H and O–H groups in total. The van der Waals surface area contributed by atoms with Crippen molar-refractivity contribution >= 4 is 17.4 Å². The van der Waals surface area contributed by atoms with Crippen LogP contribution in [0.5, 0.6) is 5.75 Å². The summed E-state index contributed by atoms with van der Waals surface area (Å²) in [6, 6.07) is 17.9. The molecule has 0 aliphatic heterocycles. The third-order valence-corrected chi connectivity index (χ3v) is 4.68. The van der Waals surface area contributed by atoms with Gasteiger partial charge in [0.15, 0.2) is 5.78 Å². The molecule has 0 spiro atoms. The van der Waals surface area contributed by atoms with Crippen LogP contribution in [0.15, 0.2) is 66.7 Å². The maximum Gasteiger partial charge on any atom is 0.337 e. The van der Waals surface area contributed by atoms with Crippen LogP contribution in [0, 0.1) is 10.1 Å². The normalized spacial score (nSPS) is 10.3. The number of hydrogen-bond donors (Lipinski definition) is 0. The molecule has 0 saturated carbocycles. The highest BCUT2D eigenvalue weighted by atomic mass is 16.6. The van der Waals surface area contributed by atoms with Crippen LogP contribution in [-0.2, 0) is 11.2 Å². The molecule has 3 aromatic carbocycles. The van der Waals surface area contributed by atoms with Crippen LogP contribution in [0.25, 0.3) is 11.1 Å². The zero-order valence-electron chi connectivity index (χ0n) is 16.5. The van der Waals surface area contributed by atoms with Crippen molar-refractivity contribution in [3.8, 4) is 16.9 Å². The van der Waals surface area contributed by atoms with Crippen LogP contribution >= 0.6 is 0 Å². The number of nitro groups is 1. The molecule has 7 heteroatoms. The molecular formula is C23H19NO6. The SMILES string of the molecule is COC(=O)c1ccc(-c2ccc([N+](=O)[O-])c(CC(=O)c3ccc(OC)cc3)c2)cc1. The molecule has 0 aliphatic rings. The third kappa shape index (κ3) is 4.52. The van der Waals surface area contributed by atoms with E-state index in [9.17, 15) is 19.7 Å². The van der Waals surface area contributed by atoms with E-state index < -0.39 is 10.9 Å². The van der Waals surface area contributed by atoms with Crippen LogP contribution in [0.3, 0.4) is 0 Å². The zero-order valence-corrected chi connectivity index (χ0v) is 16.5. The van der Waals surface area contributed by atoms with Crippen LogP contribution in [0.2, 0.25) is 0 Å². The second-order valence-corrected chi connectivity index (χ2v) is 6.50. The lowest BCUT2D eigenvalue weighted by atomic mass is 9.96. The van der Waals surface area contributed by atoms with Gasteiger partial charge < -0.3 is 9.47 Å². The van der Waals surface area contributed by atoms with E-state index in [1.807, 2.05) is 0 Å². The summed E-state index contributed by atoms with van der Waals surface area (Å²) >= 11 is 0. The number of ether oxygens (including phenoxy) is 2. The van der Waals surface area contributed by atoms with Gasteiger partial charge in [0.2, 0.25) is 0 Å². The number of nitrogens with zero attached hydrogens (tertiary/aromatic N) is 1. The average Bonchev–Trinajstić information content (AvgIpc) is 2.78. The molecule has 0 aliphatic carbocycles. The maximum absolute atomic E-state index is 12.7. The van der Waals surface area contributed by atoms with E-state index in [2.05, 4.69) is 4.74 Å². The number of ketones is 1. The standard InChI is InChI=1S/C23H19NO6/c1-29-20-10-7-16(8-11-20)22(25)14-19-13-18(9-12-21(19)24(27)28)15-3-5-17(6-4-15)23(26)30-2/h3-13H,14H2,1-2H3. The number of methoxy groups -OCH3 is 2. The Morgan fingerprint density at radius 2 is 1.47 bits per heavy atom. The van der Waals surface area contributed by atoms with Gasteiger partial charge in [-0.2, -0.15) is 0 Å². The van der Waals surface area contributed by atoms with Crippen LogP contribution in [-0.4, -0.2) is 30.9 Å². The van der Waals surface area contributed by atoms with Crippen molar-refractivity contribution in [3.05, 3.63) is 93.5 Å². The highest BCUT2D eigenvalue weighted by Gasteiger charge is 2.19. The number of Topliss-reactive ketones (excluding diaryl/α,β-unsaturated/α-hetero) is 1. The molecule has 152 valence electrons. The molecule has 0 bridgehead atoms. The Labute approximate surface area is 173 Å². The van der Waals surface area contributed by atoms with E-state index in [-0.39, 0.29) is 17.9 Å². The summed E-state index contributed by atoms with van der Waals surface area (Å²) in [4.78, 5) is 35.2. The lowest BCUT2D eigenvalue weighted by Crippen LogP contribution is -2.06. The number of hydrogen-bond acceptors (Lipinski definition) is 6. The van der Waals surface area contributed by atoms with Gasteiger partial charge in [0.25, 0.3) is 5.69 Å². The third-order valence-electron chi connectivity index (χ3n) is 4.68. The minimum atomic E-state index is -0.499. The van der Waals surface area contributed by atoms with Crippen LogP contribution in [0.1, 0.15) is 26.3 Å². The predicted octanol–water partition coefficient (Wildman–Crippen LogP) is 4.48. The summed E-state index contributed by atoms with van der Waals surface area (Å²) in [6.45, 7) is 0. The van der Waals surface area contributed by atoms with Gasteiger partial charge in [-0.25, -0.2) is 4.79 Å². The largest absolute Gasteiger partial charge is 0.497 e. The molecule has 0 aromatic heterocycles. The van der Waals surface area contributed by atoms with E-state index >= 15 is 0 Å². The second kappa shape index (κ2) is 9.00. The van der Waals surface area contributed by atoms with Gasteiger partial charge in [0, 0.05) is 23.6 Å². The number of esters is 1. The summed E-state index contributed by atoms with van der Waals surface area (Å²) in [6.07, 6.45) is -0.114. The lowest BCUT2D eigenvalue weighted by Gasteiger charge is -2.08. The summed E-state index contributed by atoms with van der Waals surface area (Å²) in [5, 5.41) is 11.5. The van der Waals surface area contributed by atoms with Gasteiger partial charge in [-0.05, 0) is 59.7 Å². The van der Waals surface area contributed by atoms with E-state index in [0.717, 1.165) is 5.56 Å². The summed E-state index contributed by atoms with van der Waals surface area (Å²) < 4.78 is 9.77. The molecule has 0 atom stereocenters. The van der Waals surface area contributed by atoms with Gasteiger partial charge >= 0.3 is 5.97 Å². The first-order chi connectivity index (χ1) is 14.4. The van der Waals surface area contributed by atoms with Crippen molar-refractivity contribution in [1.29, 1.82) is 0 Å². The van der Waals surface area contributed by atoms with Gasteiger partial charge in [-0.1, -0.05) is 12.1 Å². The molecule has 0 saturated heterocycles. The van der Waals surface area contributed by atoms with Crippen molar-refractivity contribution in [1.82, 2.24) is 0 Å². The number of carbonyl (C=O) groups is 2. The van der Waals surface area contributed by atoms with Crippen LogP contribution in [0.4, 0.5) is 5.69 Å². The molecule has 30 heavy (non-hydrogen) atoms. The molecule has 3 rings (SSSR count). The van der Waals surface area contributed by atoms with E-state index in [4.69, 9.17) is 4.74 Å². The van der Waals surface area contributed by atoms with Crippen LogP contribution < -0.4 is 4.74 Å². The van der Waals surface area contributed by atoms with E-state index in [0.29, 0.717) is 28.0 Å².